The molecule has 0 unspecified atom stereocenters. The first-order chi connectivity index (χ1) is 17.8. The summed E-state index contributed by atoms with van der Waals surface area (Å²) in [6.45, 7) is 4.30. The number of pyridine rings is 2. The topological polar surface area (TPSA) is 102 Å². The van der Waals surface area contributed by atoms with E-state index in [1.165, 1.54) is 4.31 Å². The van der Waals surface area contributed by atoms with Crippen LogP contribution in [0.3, 0.4) is 0 Å². The molecule has 1 aliphatic carbocycles. The highest BCUT2D eigenvalue weighted by Crippen LogP contribution is 2.37. The molecular formula is C26H30N6O4S. The minimum absolute atomic E-state index is 0.0720. The molecule has 194 valence electrons. The Bertz CT molecular complexity index is 1640. The number of anilines is 1. The molecule has 1 saturated heterocycles. The van der Waals surface area contributed by atoms with E-state index in [2.05, 4.69) is 10.6 Å². The second-order valence-corrected chi connectivity index (χ2v) is 12.1. The van der Waals surface area contributed by atoms with Crippen molar-refractivity contribution in [3.63, 3.8) is 0 Å². The van der Waals surface area contributed by atoms with Crippen LogP contribution in [0.15, 0.2) is 30.3 Å². The SMILES string of the molecule is COc1cc(C=O)cc2nc(-c3cc4ccc(N5CCN(C)CCS5(=O)=O)nc4n3CC3CC3)c(C)n12. The van der Waals surface area contributed by atoms with Gasteiger partial charge in [0.2, 0.25) is 10.0 Å². The molecule has 6 rings (SSSR count). The quantitative estimate of drug-likeness (QED) is 0.359. The molecule has 0 N–H and O–H groups in total. The van der Waals surface area contributed by atoms with Crippen molar-refractivity contribution in [2.75, 3.05) is 43.8 Å². The fourth-order valence-corrected chi connectivity index (χ4v) is 6.61. The fourth-order valence-electron chi connectivity index (χ4n) is 5.10. The average Bonchev–Trinajstić information content (AvgIpc) is 3.58. The van der Waals surface area contributed by atoms with Gasteiger partial charge in [0.25, 0.3) is 0 Å². The van der Waals surface area contributed by atoms with E-state index < -0.39 is 10.0 Å². The first-order valence-electron chi connectivity index (χ1n) is 12.5. The smallest absolute Gasteiger partial charge is 0.237 e. The summed E-state index contributed by atoms with van der Waals surface area (Å²) >= 11 is 0. The van der Waals surface area contributed by atoms with Crippen LogP contribution < -0.4 is 9.04 Å². The largest absolute Gasteiger partial charge is 0.482 e. The summed E-state index contributed by atoms with van der Waals surface area (Å²) in [7, 11) is 0.0534. The average molecular weight is 523 g/mol. The van der Waals surface area contributed by atoms with Crippen molar-refractivity contribution < 1.29 is 17.9 Å². The number of rotatable bonds is 6. The second-order valence-electron chi connectivity index (χ2n) is 10.0. The molecule has 10 nitrogen and oxygen atoms in total. The summed E-state index contributed by atoms with van der Waals surface area (Å²) < 4.78 is 37.2. The van der Waals surface area contributed by atoms with Crippen LogP contribution in [0.5, 0.6) is 5.88 Å². The molecular weight excluding hydrogens is 492 g/mol. The number of likely N-dealkylation sites (N-methyl/N-ethyl adjacent to an activating group) is 1. The Hall–Kier alpha value is -3.44. The third-order valence-electron chi connectivity index (χ3n) is 7.40. The minimum Gasteiger partial charge on any atom is -0.482 e. The molecule has 0 aromatic carbocycles. The Labute approximate surface area is 215 Å². The maximum absolute atomic E-state index is 13.0. The predicted molar refractivity (Wildman–Crippen MR) is 142 cm³/mol. The molecule has 2 aliphatic rings. The molecule has 0 radical (unpaired) electrons. The van der Waals surface area contributed by atoms with E-state index in [1.54, 1.807) is 25.3 Å². The lowest BCUT2D eigenvalue weighted by Gasteiger charge is -2.21. The van der Waals surface area contributed by atoms with Gasteiger partial charge in [-0.25, -0.2) is 18.4 Å². The number of nitrogens with zero attached hydrogens (tertiary/aromatic N) is 6. The van der Waals surface area contributed by atoms with Gasteiger partial charge in [-0.2, -0.15) is 0 Å². The molecule has 1 saturated carbocycles. The lowest BCUT2D eigenvalue weighted by molar-refractivity contribution is 0.112. The van der Waals surface area contributed by atoms with Crippen molar-refractivity contribution in [3.05, 3.63) is 41.6 Å². The van der Waals surface area contributed by atoms with Crippen molar-refractivity contribution in [3.8, 4) is 17.3 Å². The van der Waals surface area contributed by atoms with E-state index in [9.17, 15) is 13.2 Å². The van der Waals surface area contributed by atoms with Gasteiger partial charge in [0.15, 0.2) is 5.88 Å². The van der Waals surface area contributed by atoms with Gasteiger partial charge in [-0.15, -0.1) is 0 Å². The van der Waals surface area contributed by atoms with Crippen molar-refractivity contribution >= 4 is 38.8 Å². The van der Waals surface area contributed by atoms with Crippen LogP contribution in [-0.2, 0) is 16.6 Å². The standard InChI is InChI=1S/C26H30N6O4S/c1-17-25(27-23-12-19(16-33)13-24(36-3)32(17)23)21-14-20-6-7-22(28-26(20)30(21)15-18-4-5-18)31-9-8-29(2)10-11-37(31,34)35/h6-7,12-14,16,18H,4-5,8-11,15H2,1-3H3. The first-order valence-corrected chi connectivity index (χ1v) is 14.1. The van der Waals surface area contributed by atoms with Gasteiger partial charge in [0.1, 0.15) is 29.1 Å². The predicted octanol–water partition coefficient (Wildman–Crippen LogP) is 2.97. The number of aldehydes is 1. The molecule has 4 aromatic heterocycles. The molecule has 1 aliphatic heterocycles. The Morgan fingerprint density at radius 2 is 1.92 bits per heavy atom. The number of aryl methyl sites for hydroxylation is 1. The van der Waals surface area contributed by atoms with Gasteiger partial charge in [-0.05, 0) is 57.0 Å². The summed E-state index contributed by atoms with van der Waals surface area (Å²) in [5, 5.41) is 0.931. The Kier molecular flexibility index (Phi) is 5.72. The van der Waals surface area contributed by atoms with E-state index in [1.807, 2.05) is 29.3 Å². The van der Waals surface area contributed by atoms with Gasteiger partial charge in [0.05, 0.1) is 24.3 Å². The number of fused-ring (bicyclic) bond motifs is 2. The molecule has 5 heterocycles. The zero-order chi connectivity index (χ0) is 25.9. The number of hydrogen-bond donors (Lipinski definition) is 0. The van der Waals surface area contributed by atoms with Crippen LogP contribution in [-0.4, -0.2) is 78.1 Å². The third-order valence-corrected chi connectivity index (χ3v) is 9.14. The number of aromatic nitrogens is 4. The molecule has 0 bridgehead atoms. The number of carbonyl (C=O) groups is 1. The lowest BCUT2D eigenvalue weighted by Crippen LogP contribution is -2.34. The van der Waals surface area contributed by atoms with Crippen LogP contribution in [0.25, 0.3) is 28.1 Å². The van der Waals surface area contributed by atoms with E-state index in [0.29, 0.717) is 48.5 Å². The highest BCUT2D eigenvalue weighted by molar-refractivity contribution is 7.92. The van der Waals surface area contributed by atoms with Gasteiger partial charge in [-0.3, -0.25) is 13.5 Å². The highest BCUT2D eigenvalue weighted by atomic mass is 32.2. The van der Waals surface area contributed by atoms with Gasteiger partial charge in [0, 0.05) is 43.2 Å². The Morgan fingerprint density at radius 3 is 2.65 bits per heavy atom. The van der Waals surface area contributed by atoms with Crippen molar-refractivity contribution in [1.29, 1.82) is 0 Å². The summed E-state index contributed by atoms with van der Waals surface area (Å²) in [6, 6.07) is 9.26. The molecule has 0 spiro atoms. The minimum atomic E-state index is -3.46. The number of sulfonamides is 1. The Balaban J connectivity index is 1.52. The lowest BCUT2D eigenvalue weighted by atomic mass is 10.2. The normalized spacial score (nSPS) is 18.4. The van der Waals surface area contributed by atoms with E-state index in [4.69, 9.17) is 14.7 Å². The summed E-state index contributed by atoms with van der Waals surface area (Å²) in [5.41, 5.74) is 4.47. The zero-order valence-corrected chi connectivity index (χ0v) is 22.0. The van der Waals surface area contributed by atoms with E-state index in [-0.39, 0.29) is 5.75 Å². The zero-order valence-electron chi connectivity index (χ0n) is 21.2. The number of methoxy groups -OCH3 is 1. The molecule has 37 heavy (non-hydrogen) atoms. The number of imidazole rings is 1. The van der Waals surface area contributed by atoms with Crippen molar-refractivity contribution in [2.45, 2.75) is 26.3 Å². The van der Waals surface area contributed by atoms with Crippen LogP contribution in [0.1, 0.15) is 28.9 Å². The van der Waals surface area contributed by atoms with E-state index >= 15 is 0 Å². The van der Waals surface area contributed by atoms with Crippen LogP contribution in [0.2, 0.25) is 0 Å². The highest BCUT2D eigenvalue weighted by Gasteiger charge is 2.30. The number of carbonyl (C=O) groups excluding carboxylic acids is 1. The molecule has 0 amide bonds. The summed E-state index contributed by atoms with van der Waals surface area (Å²) in [4.78, 5) is 23.3. The monoisotopic (exact) mass is 522 g/mol. The maximum Gasteiger partial charge on any atom is 0.237 e. The summed E-state index contributed by atoms with van der Waals surface area (Å²) in [5.74, 6) is 1.62. The van der Waals surface area contributed by atoms with E-state index in [0.717, 1.165) is 53.8 Å². The first kappa shape index (κ1) is 23.9. The van der Waals surface area contributed by atoms with Crippen molar-refractivity contribution in [2.24, 2.45) is 5.92 Å². The number of hydrogen-bond acceptors (Lipinski definition) is 7. The van der Waals surface area contributed by atoms with Crippen LogP contribution in [0.4, 0.5) is 5.82 Å². The maximum atomic E-state index is 13.0. The van der Waals surface area contributed by atoms with Crippen LogP contribution >= 0.6 is 0 Å². The van der Waals surface area contributed by atoms with Gasteiger partial charge in [-0.1, -0.05) is 0 Å². The summed E-state index contributed by atoms with van der Waals surface area (Å²) in [6.07, 6.45) is 3.11. The van der Waals surface area contributed by atoms with Crippen molar-refractivity contribution in [1.82, 2.24) is 23.8 Å². The van der Waals surface area contributed by atoms with Crippen LogP contribution in [0, 0.1) is 12.8 Å². The third kappa shape index (κ3) is 4.15. The van der Waals surface area contributed by atoms with Gasteiger partial charge < -0.3 is 14.2 Å². The number of ether oxygens (including phenoxy) is 1. The molecule has 4 aromatic rings. The fraction of sp³-hybridized carbons (Fsp3) is 0.423. The molecule has 11 heteroatoms. The molecule has 2 fully saturated rings. The Morgan fingerprint density at radius 1 is 1.11 bits per heavy atom. The van der Waals surface area contributed by atoms with Gasteiger partial charge >= 0.3 is 0 Å². The second kappa shape index (κ2) is 8.84. The molecule has 0 atom stereocenters.